The van der Waals surface area contributed by atoms with E-state index in [1.807, 2.05) is 32.9 Å². The Bertz CT molecular complexity index is 1490. The van der Waals surface area contributed by atoms with Gasteiger partial charge in [0, 0.05) is 10.9 Å². The number of benzene rings is 2. The van der Waals surface area contributed by atoms with E-state index in [0.717, 1.165) is 16.1 Å². The van der Waals surface area contributed by atoms with Gasteiger partial charge in [-0.1, -0.05) is 45.0 Å². The Balaban J connectivity index is 1.74. The monoisotopic (exact) mass is 488 g/mol. The Kier molecular flexibility index (Phi) is 5.55. The molecule has 0 aliphatic carbocycles. The molecule has 0 fully saturated rings. The molecule has 180 valence electrons. The Morgan fingerprint density at radius 2 is 1.80 bits per heavy atom. The molecule has 35 heavy (non-hydrogen) atoms. The minimum atomic E-state index is -0.622. The highest BCUT2D eigenvalue weighted by Gasteiger charge is 2.45. The molecule has 0 saturated carbocycles. The highest BCUT2D eigenvalue weighted by atomic mass is 32.1. The van der Waals surface area contributed by atoms with Crippen LogP contribution in [0.2, 0.25) is 0 Å². The lowest BCUT2D eigenvalue weighted by Gasteiger charge is -2.24. The highest BCUT2D eigenvalue weighted by molar-refractivity contribution is 7.15. The van der Waals surface area contributed by atoms with E-state index in [0.29, 0.717) is 34.0 Å². The standard InChI is InChI=1S/C28H28N2O4S/c1-7-33-19-12-13-20-21(14-19)34-25-22(24(20)31)23(17-8-10-18(11-9-17)28(4,5)6)30(26(25)32)27-29-15(2)16(3)35-27/h8-14,23H,7H2,1-6H3. The zero-order valence-electron chi connectivity index (χ0n) is 20.8. The fourth-order valence-corrected chi connectivity index (χ4v) is 5.38. The molecule has 0 bridgehead atoms. The average molecular weight is 489 g/mol. The Morgan fingerprint density at radius 1 is 1.09 bits per heavy atom. The van der Waals surface area contributed by atoms with Crippen LogP contribution in [0.1, 0.15) is 71.6 Å². The minimum absolute atomic E-state index is 0.0152. The maximum absolute atomic E-state index is 13.8. The predicted molar refractivity (Wildman–Crippen MR) is 139 cm³/mol. The number of anilines is 1. The fraction of sp³-hybridized carbons (Fsp3) is 0.321. The molecule has 4 aromatic rings. The van der Waals surface area contributed by atoms with Crippen LogP contribution in [0.25, 0.3) is 11.0 Å². The van der Waals surface area contributed by atoms with Gasteiger partial charge in [0.15, 0.2) is 10.6 Å². The van der Waals surface area contributed by atoms with Crippen LogP contribution in [0.3, 0.4) is 0 Å². The average Bonchev–Trinajstić information content (AvgIpc) is 3.29. The molecular weight excluding hydrogens is 460 g/mol. The topological polar surface area (TPSA) is 72.6 Å². The van der Waals surface area contributed by atoms with Crippen LogP contribution in [0.15, 0.2) is 51.7 Å². The van der Waals surface area contributed by atoms with Gasteiger partial charge in [0.1, 0.15) is 11.3 Å². The van der Waals surface area contributed by atoms with Crippen molar-refractivity contribution in [2.75, 3.05) is 11.5 Å². The van der Waals surface area contributed by atoms with E-state index < -0.39 is 6.04 Å². The maximum Gasteiger partial charge on any atom is 0.297 e. The molecule has 1 amide bonds. The number of carbonyl (C=O) groups is 1. The van der Waals surface area contributed by atoms with Crippen LogP contribution in [-0.4, -0.2) is 17.5 Å². The summed E-state index contributed by atoms with van der Waals surface area (Å²) in [4.78, 5) is 34.8. The number of hydrogen-bond acceptors (Lipinski definition) is 6. The lowest BCUT2D eigenvalue weighted by Crippen LogP contribution is -2.29. The molecule has 0 spiro atoms. The van der Waals surface area contributed by atoms with Crippen LogP contribution >= 0.6 is 11.3 Å². The number of aromatic nitrogens is 1. The molecule has 2 aromatic heterocycles. The van der Waals surface area contributed by atoms with Crippen molar-refractivity contribution in [3.05, 3.63) is 85.7 Å². The number of ether oxygens (including phenoxy) is 1. The van der Waals surface area contributed by atoms with Gasteiger partial charge in [-0.05, 0) is 49.4 Å². The quantitative estimate of drug-likeness (QED) is 0.336. The van der Waals surface area contributed by atoms with Gasteiger partial charge in [-0.25, -0.2) is 4.98 Å². The third-order valence-electron chi connectivity index (χ3n) is 6.47. The third kappa shape index (κ3) is 3.84. The highest BCUT2D eigenvalue weighted by Crippen LogP contribution is 2.43. The SMILES string of the molecule is CCOc1ccc2c(=O)c3c(oc2c1)C(=O)N(c1nc(C)c(C)s1)C3c1ccc(C(C)(C)C)cc1. The lowest BCUT2D eigenvalue weighted by molar-refractivity contribution is 0.0971. The number of hydrogen-bond donors (Lipinski definition) is 0. The number of carbonyl (C=O) groups excluding carboxylic acids is 1. The van der Waals surface area contributed by atoms with E-state index in [4.69, 9.17) is 9.15 Å². The molecule has 7 heteroatoms. The van der Waals surface area contributed by atoms with Gasteiger partial charge in [0.2, 0.25) is 5.76 Å². The summed E-state index contributed by atoms with van der Waals surface area (Å²) in [5, 5.41) is 0.976. The first kappa shape index (κ1) is 23.3. The Morgan fingerprint density at radius 3 is 2.40 bits per heavy atom. The number of thiazole rings is 1. The van der Waals surface area contributed by atoms with Crippen molar-refractivity contribution in [1.82, 2.24) is 4.98 Å². The second kappa shape index (κ2) is 8.34. The van der Waals surface area contributed by atoms with Crippen molar-refractivity contribution in [2.24, 2.45) is 0 Å². The molecule has 2 aromatic carbocycles. The van der Waals surface area contributed by atoms with Crippen molar-refractivity contribution in [3.63, 3.8) is 0 Å². The van der Waals surface area contributed by atoms with Gasteiger partial charge in [0.05, 0.1) is 29.3 Å². The molecule has 5 rings (SSSR count). The van der Waals surface area contributed by atoms with Crippen LogP contribution in [-0.2, 0) is 5.41 Å². The summed E-state index contributed by atoms with van der Waals surface area (Å²) in [7, 11) is 0. The van der Waals surface area contributed by atoms with Gasteiger partial charge >= 0.3 is 0 Å². The summed E-state index contributed by atoms with van der Waals surface area (Å²) < 4.78 is 11.7. The van der Waals surface area contributed by atoms with Crippen molar-refractivity contribution in [1.29, 1.82) is 0 Å². The van der Waals surface area contributed by atoms with E-state index in [9.17, 15) is 9.59 Å². The molecule has 1 aliphatic rings. The van der Waals surface area contributed by atoms with Crippen LogP contribution < -0.4 is 15.1 Å². The fourth-order valence-electron chi connectivity index (χ4n) is 4.44. The van der Waals surface area contributed by atoms with Crippen molar-refractivity contribution in [2.45, 2.75) is 53.0 Å². The largest absolute Gasteiger partial charge is 0.494 e. The van der Waals surface area contributed by atoms with Gasteiger partial charge in [-0.2, -0.15) is 0 Å². The van der Waals surface area contributed by atoms with Crippen LogP contribution in [0, 0.1) is 13.8 Å². The number of rotatable bonds is 4. The van der Waals surface area contributed by atoms with E-state index in [1.165, 1.54) is 16.9 Å². The summed E-state index contributed by atoms with van der Waals surface area (Å²) in [6, 6.07) is 12.6. The lowest BCUT2D eigenvalue weighted by atomic mass is 9.86. The third-order valence-corrected chi connectivity index (χ3v) is 7.54. The first-order valence-electron chi connectivity index (χ1n) is 11.7. The molecular formula is C28H28N2O4S. The number of amides is 1. The van der Waals surface area contributed by atoms with E-state index >= 15 is 0 Å². The molecule has 3 heterocycles. The summed E-state index contributed by atoms with van der Waals surface area (Å²) in [6.45, 7) is 12.7. The number of nitrogens with zero attached hydrogens (tertiary/aromatic N) is 2. The van der Waals surface area contributed by atoms with Crippen LogP contribution in [0.5, 0.6) is 5.75 Å². The Labute approximate surface area is 208 Å². The van der Waals surface area contributed by atoms with Crippen LogP contribution in [0.4, 0.5) is 5.13 Å². The first-order chi connectivity index (χ1) is 16.6. The molecule has 0 saturated heterocycles. The van der Waals surface area contributed by atoms with Gasteiger partial charge < -0.3 is 9.15 Å². The van der Waals surface area contributed by atoms with Crippen molar-refractivity contribution in [3.8, 4) is 5.75 Å². The predicted octanol–water partition coefficient (Wildman–Crippen LogP) is 6.31. The van der Waals surface area contributed by atoms with E-state index in [-0.39, 0.29) is 22.5 Å². The van der Waals surface area contributed by atoms with Gasteiger partial charge in [-0.3, -0.25) is 14.5 Å². The van der Waals surface area contributed by atoms with E-state index in [1.54, 1.807) is 23.1 Å². The van der Waals surface area contributed by atoms with Crippen molar-refractivity contribution < 1.29 is 13.9 Å². The minimum Gasteiger partial charge on any atom is -0.494 e. The molecule has 0 N–H and O–H groups in total. The number of aryl methyl sites for hydroxylation is 2. The molecule has 6 nitrogen and oxygen atoms in total. The summed E-state index contributed by atoms with van der Waals surface area (Å²) in [5.41, 5.74) is 3.33. The van der Waals surface area contributed by atoms with E-state index in [2.05, 4.69) is 37.9 Å². The molecule has 1 unspecified atom stereocenters. The maximum atomic E-state index is 13.8. The van der Waals surface area contributed by atoms with Gasteiger partial charge in [0.25, 0.3) is 5.91 Å². The summed E-state index contributed by atoms with van der Waals surface area (Å²) in [6.07, 6.45) is 0. The molecule has 1 aliphatic heterocycles. The number of fused-ring (bicyclic) bond motifs is 2. The normalized spacial score (nSPS) is 15.7. The second-order valence-corrected chi connectivity index (χ2v) is 11.0. The summed E-state index contributed by atoms with van der Waals surface area (Å²) in [5.74, 6) is 0.289. The first-order valence-corrected chi connectivity index (χ1v) is 12.5. The molecule has 1 atom stereocenters. The van der Waals surface area contributed by atoms with Gasteiger partial charge in [-0.15, -0.1) is 11.3 Å². The van der Waals surface area contributed by atoms with Crippen molar-refractivity contribution >= 4 is 33.3 Å². The smallest absolute Gasteiger partial charge is 0.297 e. The summed E-state index contributed by atoms with van der Waals surface area (Å²) >= 11 is 1.44. The zero-order chi connectivity index (χ0) is 25.1. The Hall–Kier alpha value is -3.45. The molecule has 0 radical (unpaired) electrons. The zero-order valence-corrected chi connectivity index (χ0v) is 21.6. The second-order valence-electron chi connectivity index (χ2n) is 9.85.